The number of hydrogen-bond acceptors (Lipinski definition) is 0. The first-order chi connectivity index (χ1) is 8.18. The Morgan fingerprint density at radius 2 is 1.82 bits per heavy atom. The van der Waals surface area contributed by atoms with Gasteiger partial charge in [-0.3, -0.25) is 0 Å². The lowest BCUT2D eigenvalue weighted by Gasteiger charge is -2.37. The Kier molecular flexibility index (Phi) is 2.47. The number of allylic oxidation sites excluding steroid dienone is 4. The van der Waals surface area contributed by atoms with Gasteiger partial charge in [0, 0.05) is 5.92 Å². The summed E-state index contributed by atoms with van der Waals surface area (Å²) in [6.07, 6.45) is 8.76. The summed E-state index contributed by atoms with van der Waals surface area (Å²) in [6.45, 7) is 4.79. The average molecular weight is 224 g/mol. The summed E-state index contributed by atoms with van der Waals surface area (Å²) in [7, 11) is 0. The first-order valence-corrected chi connectivity index (χ1v) is 6.66. The van der Waals surface area contributed by atoms with Crippen LogP contribution in [-0.2, 0) is 0 Å². The van der Waals surface area contributed by atoms with Crippen LogP contribution < -0.4 is 0 Å². The number of fused-ring (bicyclic) bond motifs is 1. The fourth-order valence-electron chi connectivity index (χ4n) is 3.41. The molecule has 0 aliphatic heterocycles. The lowest BCUT2D eigenvalue weighted by Crippen LogP contribution is -2.25. The van der Waals surface area contributed by atoms with E-state index in [1.54, 1.807) is 5.57 Å². The van der Waals surface area contributed by atoms with E-state index in [4.69, 9.17) is 0 Å². The maximum atomic E-state index is 2.40. The highest BCUT2D eigenvalue weighted by atomic mass is 14.4. The topological polar surface area (TPSA) is 0 Å². The summed E-state index contributed by atoms with van der Waals surface area (Å²) >= 11 is 0. The van der Waals surface area contributed by atoms with Crippen LogP contribution in [-0.4, -0.2) is 0 Å². The SMILES string of the molecule is CC1(C)CCCC2C(c3ccccc3)=CC=C21. The number of benzene rings is 1. The fourth-order valence-corrected chi connectivity index (χ4v) is 3.41. The van der Waals surface area contributed by atoms with Crippen LogP contribution in [0.5, 0.6) is 0 Å². The summed E-state index contributed by atoms with van der Waals surface area (Å²) < 4.78 is 0. The second-order valence-electron chi connectivity index (χ2n) is 5.94. The van der Waals surface area contributed by atoms with Gasteiger partial charge in [0.15, 0.2) is 0 Å². The van der Waals surface area contributed by atoms with Gasteiger partial charge in [0.1, 0.15) is 0 Å². The summed E-state index contributed by atoms with van der Waals surface area (Å²) in [4.78, 5) is 0. The average Bonchev–Trinajstić information content (AvgIpc) is 2.75. The summed E-state index contributed by atoms with van der Waals surface area (Å²) in [5, 5.41) is 0. The summed E-state index contributed by atoms with van der Waals surface area (Å²) in [5.74, 6) is 0.682. The van der Waals surface area contributed by atoms with Gasteiger partial charge in [-0.15, -0.1) is 0 Å². The van der Waals surface area contributed by atoms with Gasteiger partial charge >= 0.3 is 0 Å². The first kappa shape index (κ1) is 10.8. The molecule has 0 bridgehead atoms. The second kappa shape index (κ2) is 3.87. The molecule has 0 N–H and O–H groups in total. The molecule has 1 unspecified atom stereocenters. The monoisotopic (exact) mass is 224 g/mol. The lowest BCUT2D eigenvalue weighted by molar-refractivity contribution is 0.311. The molecule has 0 saturated heterocycles. The third-order valence-electron chi connectivity index (χ3n) is 4.38. The molecule has 3 rings (SSSR count). The molecule has 0 radical (unpaired) electrons. The predicted octanol–water partition coefficient (Wildman–Crippen LogP) is 4.84. The normalized spacial score (nSPS) is 26.1. The molecule has 0 amide bonds. The van der Waals surface area contributed by atoms with E-state index in [0.717, 1.165) is 0 Å². The van der Waals surface area contributed by atoms with Crippen LogP contribution in [0.4, 0.5) is 0 Å². The van der Waals surface area contributed by atoms with Crippen molar-refractivity contribution in [2.75, 3.05) is 0 Å². The molecule has 2 aliphatic rings. The van der Waals surface area contributed by atoms with Crippen molar-refractivity contribution in [2.24, 2.45) is 11.3 Å². The van der Waals surface area contributed by atoms with Gasteiger partial charge in [0.25, 0.3) is 0 Å². The molecule has 1 atom stereocenters. The molecular weight excluding hydrogens is 204 g/mol. The van der Waals surface area contributed by atoms with Crippen LogP contribution in [0.2, 0.25) is 0 Å². The fraction of sp³-hybridized carbons (Fsp3) is 0.412. The van der Waals surface area contributed by atoms with Crippen molar-refractivity contribution in [3.63, 3.8) is 0 Å². The van der Waals surface area contributed by atoms with Crippen LogP contribution in [0, 0.1) is 11.3 Å². The molecular formula is C17H20. The van der Waals surface area contributed by atoms with Crippen molar-refractivity contribution < 1.29 is 0 Å². The standard InChI is InChI=1S/C17H20/c1-17(2)12-6-9-15-14(10-11-16(15)17)13-7-4-3-5-8-13/h3-5,7-8,10-11,15H,6,9,12H2,1-2H3. The van der Waals surface area contributed by atoms with E-state index >= 15 is 0 Å². The number of rotatable bonds is 1. The van der Waals surface area contributed by atoms with Crippen LogP contribution in [0.25, 0.3) is 5.57 Å². The minimum Gasteiger partial charge on any atom is -0.0622 e. The third-order valence-corrected chi connectivity index (χ3v) is 4.38. The molecule has 0 spiro atoms. The second-order valence-corrected chi connectivity index (χ2v) is 5.94. The minimum atomic E-state index is 0.399. The van der Waals surface area contributed by atoms with Gasteiger partial charge in [0.2, 0.25) is 0 Å². The predicted molar refractivity (Wildman–Crippen MR) is 73.6 cm³/mol. The Morgan fingerprint density at radius 1 is 1.06 bits per heavy atom. The van der Waals surface area contributed by atoms with Crippen molar-refractivity contribution >= 4 is 5.57 Å². The van der Waals surface area contributed by atoms with Crippen molar-refractivity contribution in [2.45, 2.75) is 33.1 Å². The van der Waals surface area contributed by atoms with Gasteiger partial charge in [-0.05, 0) is 29.4 Å². The van der Waals surface area contributed by atoms with Crippen molar-refractivity contribution in [1.29, 1.82) is 0 Å². The van der Waals surface area contributed by atoms with Gasteiger partial charge in [-0.1, -0.05) is 68.3 Å². The minimum absolute atomic E-state index is 0.399. The zero-order chi connectivity index (χ0) is 11.9. The van der Waals surface area contributed by atoms with E-state index in [2.05, 4.69) is 56.3 Å². The zero-order valence-electron chi connectivity index (χ0n) is 10.7. The van der Waals surface area contributed by atoms with Crippen molar-refractivity contribution in [3.05, 3.63) is 53.6 Å². The molecule has 0 heterocycles. The van der Waals surface area contributed by atoms with Gasteiger partial charge < -0.3 is 0 Å². The molecule has 2 aliphatic carbocycles. The molecule has 0 nitrogen and oxygen atoms in total. The quantitative estimate of drug-likeness (QED) is 0.640. The third kappa shape index (κ3) is 1.76. The van der Waals surface area contributed by atoms with Crippen molar-refractivity contribution in [1.82, 2.24) is 0 Å². The molecule has 1 fully saturated rings. The number of hydrogen-bond donors (Lipinski definition) is 0. The maximum Gasteiger partial charge on any atom is 0.00625 e. The van der Waals surface area contributed by atoms with Gasteiger partial charge in [-0.25, -0.2) is 0 Å². The van der Waals surface area contributed by atoms with Crippen LogP contribution >= 0.6 is 0 Å². The largest absolute Gasteiger partial charge is 0.0622 e. The Morgan fingerprint density at radius 3 is 2.59 bits per heavy atom. The maximum absolute atomic E-state index is 2.40. The molecule has 1 saturated carbocycles. The Labute approximate surface area is 104 Å². The van der Waals surface area contributed by atoms with E-state index in [1.165, 1.54) is 30.4 Å². The van der Waals surface area contributed by atoms with E-state index in [-0.39, 0.29) is 0 Å². The van der Waals surface area contributed by atoms with Crippen LogP contribution in [0.3, 0.4) is 0 Å². The highest BCUT2D eigenvalue weighted by Crippen LogP contribution is 2.51. The summed E-state index contributed by atoms with van der Waals surface area (Å²) in [5.41, 5.74) is 4.99. The lowest BCUT2D eigenvalue weighted by atomic mass is 9.67. The van der Waals surface area contributed by atoms with E-state index in [0.29, 0.717) is 11.3 Å². The van der Waals surface area contributed by atoms with E-state index in [1.807, 2.05) is 0 Å². The van der Waals surface area contributed by atoms with Gasteiger partial charge in [0.05, 0.1) is 0 Å². The zero-order valence-corrected chi connectivity index (χ0v) is 10.7. The molecule has 1 aromatic rings. The van der Waals surface area contributed by atoms with E-state index in [9.17, 15) is 0 Å². The van der Waals surface area contributed by atoms with Crippen LogP contribution in [0.15, 0.2) is 48.1 Å². The first-order valence-electron chi connectivity index (χ1n) is 6.66. The smallest absolute Gasteiger partial charge is 0.00625 e. The van der Waals surface area contributed by atoms with Crippen molar-refractivity contribution in [3.8, 4) is 0 Å². The van der Waals surface area contributed by atoms with E-state index < -0.39 is 0 Å². The summed E-state index contributed by atoms with van der Waals surface area (Å²) in [6, 6.07) is 10.9. The van der Waals surface area contributed by atoms with Crippen LogP contribution in [0.1, 0.15) is 38.7 Å². The highest BCUT2D eigenvalue weighted by Gasteiger charge is 2.37. The molecule has 0 aromatic heterocycles. The van der Waals surface area contributed by atoms with Gasteiger partial charge in [-0.2, -0.15) is 0 Å². The Bertz CT molecular complexity index is 474. The Balaban J connectivity index is 1.94. The highest BCUT2D eigenvalue weighted by molar-refractivity contribution is 5.75. The molecule has 88 valence electrons. The Hall–Kier alpha value is -1.30. The molecule has 1 aromatic carbocycles. The molecule has 17 heavy (non-hydrogen) atoms. The molecule has 0 heteroatoms.